The quantitative estimate of drug-likeness (QED) is 0.655. The van der Waals surface area contributed by atoms with Gasteiger partial charge >= 0.3 is 0 Å². The zero-order chi connectivity index (χ0) is 16.8. The molecule has 0 aliphatic heterocycles. The molecule has 0 bridgehead atoms. The number of hydrogen-bond donors (Lipinski definition) is 2. The van der Waals surface area contributed by atoms with Crippen LogP contribution in [0, 0.1) is 0 Å². The minimum atomic E-state index is -0.152. The van der Waals surface area contributed by atoms with Gasteiger partial charge in [0.1, 0.15) is 23.8 Å². The van der Waals surface area contributed by atoms with Crippen LogP contribution in [0.5, 0.6) is 11.5 Å². The van der Waals surface area contributed by atoms with Gasteiger partial charge in [-0.3, -0.25) is 4.79 Å². The molecular formula is C19H20N2O3. The van der Waals surface area contributed by atoms with Gasteiger partial charge in [0.05, 0.1) is 13.2 Å². The molecule has 0 atom stereocenters. The van der Waals surface area contributed by atoms with E-state index < -0.39 is 0 Å². The van der Waals surface area contributed by atoms with Crippen molar-refractivity contribution >= 4 is 16.8 Å². The maximum absolute atomic E-state index is 12.2. The number of carbonyl (C=O) groups excluding carboxylic acids is 1. The molecule has 124 valence electrons. The van der Waals surface area contributed by atoms with Gasteiger partial charge in [0.15, 0.2) is 0 Å². The fourth-order valence-corrected chi connectivity index (χ4v) is 2.43. The fraction of sp³-hybridized carbons (Fsp3) is 0.211. The maximum atomic E-state index is 12.2. The van der Waals surface area contributed by atoms with Crippen LogP contribution in [0.2, 0.25) is 0 Å². The number of hydrogen-bond acceptors (Lipinski definition) is 3. The van der Waals surface area contributed by atoms with Gasteiger partial charge in [-0.25, -0.2) is 0 Å². The fourth-order valence-electron chi connectivity index (χ4n) is 2.43. The number of aromatic nitrogens is 1. The third kappa shape index (κ3) is 3.87. The highest BCUT2D eigenvalue weighted by atomic mass is 16.5. The lowest BCUT2D eigenvalue weighted by Gasteiger charge is -2.06. The number of nitrogens with one attached hydrogen (secondary N) is 2. The highest BCUT2D eigenvalue weighted by molar-refractivity contribution is 5.98. The third-order valence-corrected chi connectivity index (χ3v) is 3.55. The second-order valence-corrected chi connectivity index (χ2v) is 5.28. The minimum Gasteiger partial charge on any atom is -0.494 e. The monoisotopic (exact) mass is 324 g/mol. The molecule has 0 unspecified atom stereocenters. The molecule has 3 aromatic rings. The van der Waals surface area contributed by atoms with Gasteiger partial charge < -0.3 is 19.8 Å². The van der Waals surface area contributed by atoms with E-state index >= 15 is 0 Å². The van der Waals surface area contributed by atoms with E-state index in [0.29, 0.717) is 25.5 Å². The van der Waals surface area contributed by atoms with E-state index in [-0.39, 0.29) is 5.91 Å². The standard InChI is InChI=1S/C19H20N2O3/c1-2-23-16-9-8-14-12-18(21-17(14)13-16)19(22)20-10-11-24-15-6-4-3-5-7-15/h3-9,12-13,21H,2,10-11H2,1H3,(H,20,22). The van der Waals surface area contributed by atoms with Crippen LogP contribution in [0.15, 0.2) is 54.6 Å². The molecule has 24 heavy (non-hydrogen) atoms. The molecule has 2 N–H and O–H groups in total. The molecular weight excluding hydrogens is 304 g/mol. The van der Waals surface area contributed by atoms with Crippen molar-refractivity contribution < 1.29 is 14.3 Å². The first-order valence-electron chi connectivity index (χ1n) is 7.98. The molecule has 1 heterocycles. The van der Waals surface area contributed by atoms with Crippen molar-refractivity contribution in [3.8, 4) is 11.5 Å². The highest BCUT2D eigenvalue weighted by Crippen LogP contribution is 2.21. The maximum Gasteiger partial charge on any atom is 0.267 e. The molecule has 2 aromatic carbocycles. The van der Waals surface area contributed by atoms with Crippen LogP contribution in [0.3, 0.4) is 0 Å². The first kappa shape index (κ1) is 15.9. The molecule has 0 aliphatic rings. The van der Waals surface area contributed by atoms with E-state index in [0.717, 1.165) is 22.4 Å². The van der Waals surface area contributed by atoms with Gasteiger partial charge in [0.2, 0.25) is 0 Å². The predicted octanol–water partition coefficient (Wildman–Crippen LogP) is 3.38. The van der Waals surface area contributed by atoms with Crippen LogP contribution in [0.25, 0.3) is 10.9 Å². The molecule has 1 amide bonds. The number of rotatable bonds is 7. The Kier molecular flexibility index (Phi) is 5.01. The van der Waals surface area contributed by atoms with Crippen molar-refractivity contribution in [2.24, 2.45) is 0 Å². The van der Waals surface area contributed by atoms with Crippen LogP contribution in [-0.4, -0.2) is 30.6 Å². The topological polar surface area (TPSA) is 63.4 Å². The summed E-state index contributed by atoms with van der Waals surface area (Å²) in [5.41, 5.74) is 1.41. The molecule has 5 heteroatoms. The lowest BCUT2D eigenvalue weighted by Crippen LogP contribution is -2.28. The summed E-state index contributed by atoms with van der Waals surface area (Å²) in [5, 5.41) is 3.82. The third-order valence-electron chi connectivity index (χ3n) is 3.55. The average molecular weight is 324 g/mol. The van der Waals surface area contributed by atoms with Gasteiger partial charge in [0, 0.05) is 17.0 Å². The van der Waals surface area contributed by atoms with Crippen molar-refractivity contribution in [1.29, 1.82) is 0 Å². The zero-order valence-corrected chi connectivity index (χ0v) is 13.5. The van der Waals surface area contributed by atoms with Crippen LogP contribution >= 0.6 is 0 Å². The summed E-state index contributed by atoms with van der Waals surface area (Å²) in [6, 6.07) is 17.1. The summed E-state index contributed by atoms with van der Waals surface area (Å²) in [5.74, 6) is 1.43. The molecule has 0 saturated carbocycles. The predicted molar refractivity (Wildman–Crippen MR) is 93.7 cm³/mol. The minimum absolute atomic E-state index is 0.152. The van der Waals surface area contributed by atoms with Crippen LogP contribution < -0.4 is 14.8 Å². The van der Waals surface area contributed by atoms with E-state index in [9.17, 15) is 4.79 Å². The number of ether oxygens (including phenoxy) is 2. The lowest BCUT2D eigenvalue weighted by atomic mass is 10.2. The summed E-state index contributed by atoms with van der Waals surface area (Å²) in [4.78, 5) is 15.3. The number of fused-ring (bicyclic) bond motifs is 1. The Morgan fingerprint density at radius 3 is 2.67 bits per heavy atom. The molecule has 0 aliphatic carbocycles. The van der Waals surface area contributed by atoms with Gasteiger partial charge in [-0.1, -0.05) is 18.2 Å². The van der Waals surface area contributed by atoms with E-state index in [1.807, 2.05) is 61.5 Å². The first-order valence-corrected chi connectivity index (χ1v) is 7.98. The second-order valence-electron chi connectivity index (χ2n) is 5.28. The molecule has 0 saturated heterocycles. The normalized spacial score (nSPS) is 10.5. The van der Waals surface area contributed by atoms with Crippen molar-refractivity contribution in [3.63, 3.8) is 0 Å². The number of amides is 1. The summed E-state index contributed by atoms with van der Waals surface area (Å²) in [6.07, 6.45) is 0. The smallest absolute Gasteiger partial charge is 0.267 e. The van der Waals surface area contributed by atoms with E-state index in [1.54, 1.807) is 0 Å². The number of benzene rings is 2. The first-order chi connectivity index (χ1) is 11.8. The van der Waals surface area contributed by atoms with Crippen molar-refractivity contribution in [2.75, 3.05) is 19.8 Å². The molecule has 0 fully saturated rings. The Hall–Kier alpha value is -2.95. The van der Waals surface area contributed by atoms with E-state index in [1.165, 1.54) is 0 Å². The van der Waals surface area contributed by atoms with Gasteiger partial charge in [-0.15, -0.1) is 0 Å². The van der Waals surface area contributed by atoms with Crippen molar-refractivity contribution in [3.05, 3.63) is 60.3 Å². The van der Waals surface area contributed by atoms with Crippen LogP contribution in [-0.2, 0) is 0 Å². The highest BCUT2D eigenvalue weighted by Gasteiger charge is 2.09. The largest absolute Gasteiger partial charge is 0.494 e. The lowest BCUT2D eigenvalue weighted by molar-refractivity contribution is 0.0943. The Labute approximate surface area is 140 Å². The summed E-state index contributed by atoms with van der Waals surface area (Å²) in [6.45, 7) is 3.41. The van der Waals surface area contributed by atoms with Crippen LogP contribution in [0.4, 0.5) is 0 Å². The molecule has 1 aromatic heterocycles. The number of aromatic amines is 1. The Morgan fingerprint density at radius 1 is 1.04 bits per heavy atom. The van der Waals surface area contributed by atoms with Crippen molar-refractivity contribution in [2.45, 2.75) is 6.92 Å². The van der Waals surface area contributed by atoms with Gasteiger partial charge in [0.25, 0.3) is 5.91 Å². The van der Waals surface area contributed by atoms with Gasteiger partial charge in [-0.2, -0.15) is 0 Å². The summed E-state index contributed by atoms with van der Waals surface area (Å²) >= 11 is 0. The molecule has 5 nitrogen and oxygen atoms in total. The van der Waals surface area contributed by atoms with Crippen molar-refractivity contribution in [1.82, 2.24) is 10.3 Å². The Morgan fingerprint density at radius 2 is 1.88 bits per heavy atom. The van der Waals surface area contributed by atoms with E-state index in [2.05, 4.69) is 10.3 Å². The average Bonchev–Trinajstić information content (AvgIpc) is 3.03. The number of H-pyrrole nitrogens is 1. The van der Waals surface area contributed by atoms with Gasteiger partial charge in [-0.05, 0) is 37.3 Å². The molecule has 0 radical (unpaired) electrons. The summed E-state index contributed by atoms with van der Waals surface area (Å²) < 4.78 is 11.0. The second kappa shape index (κ2) is 7.55. The Bertz CT molecular complexity index is 812. The summed E-state index contributed by atoms with van der Waals surface area (Å²) in [7, 11) is 0. The number of para-hydroxylation sites is 1. The molecule has 0 spiro atoms. The SMILES string of the molecule is CCOc1ccc2cc(C(=O)NCCOc3ccccc3)[nH]c2c1. The zero-order valence-electron chi connectivity index (χ0n) is 13.5. The Balaban J connectivity index is 1.55. The van der Waals surface area contributed by atoms with Crippen LogP contribution in [0.1, 0.15) is 17.4 Å². The number of carbonyl (C=O) groups is 1. The van der Waals surface area contributed by atoms with E-state index in [4.69, 9.17) is 9.47 Å². The molecule has 3 rings (SSSR count).